The van der Waals surface area contributed by atoms with E-state index in [9.17, 15) is 4.21 Å². The van der Waals surface area contributed by atoms with E-state index in [1.54, 1.807) is 0 Å². The first kappa shape index (κ1) is 24.8. The van der Waals surface area contributed by atoms with E-state index in [4.69, 9.17) is 4.43 Å². The van der Waals surface area contributed by atoms with Crippen molar-refractivity contribution in [1.82, 2.24) is 9.62 Å². The monoisotopic (exact) mass is 414 g/mol. The second-order valence-corrected chi connectivity index (χ2v) is 16.9. The number of hydrogen-bond donors (Lipinski definition) is 1. The van der Waals surface area contributed by atoms with Crippen molar-refractivity contribution in [3.8, 4) is 0 Å². The van der Waals surface area contributed by atoms with Crippen molar-refractivity contribution in [2.24, 2.45) is 0 Å². The Morgan fingerprint density at radius 3 is 2.33 bits per heavy atom. The Bertz CT molecular complexity index is 562. The van der Waals surface area contributed by atoms with Gasteiger partial charge in [-0.2, -0.15) is 0 Å². The highest BCUT2D eigenvalue weighted by Gasteiger charge is 2.41. The van der Waals surface area contributed by atoms with E-state index in [-0.39, 0.29) is 21.9 Å². The molecule has 0 aromatic carbocycles. The molecule has 1 aliphatic heterocycles. The molecular formula is C21H42N2O2SSi. The molecule has 0 aromatic rings. The predicted octanol–water partition coefficient (Wildman–Crippen LogP) is 4.64. The Morgan fingerprint density at radius 1 is 1.33 bits per heavy atom. The third kappa shape index (κ3) is 7.24. The highest BCUT2D eigenvalue weighted by Crippen LogP contribution is 2.38. The summed E-state index contributed by atoms with van der Waals surface area (Å²) in [7, 11) is -3.04. The van der Waals surface area contributed by atoms with Gasteiger partial charge in [-0.15, -0.1) is 6.58 Å². The van der Waals surface area contributed by atoms with Gasteiger partial charge in [-0.1, -0.05) is 38.5 Å². The molecule has 0 saturated carbocycles. The van der Waals surface area contributed by atoms with Crippen LogP contribution in [0.3, 0.4) is 0 Å². The van der Waals surface area contributed by atoms with E-state index in [0.717, 1.165) is 26.1 Å². The fraction of sp³-hybridized carbons (Fsp3) is 0.810. The van der Waals surface area contributed by atoms with E-state index >= 15 is 0 Å². The first-order valence-corrected chi connectivity index (χ1v) is 14.1. The molecule has 158 valence electrons. The van der Waals surface area contributed by atoms with Crippen molar-refractivity contribution in [3.05, 3.63) is 24.3 Å². The van der Waals surface area contributed by atoms with E-state index in [0.29, 0.717) is 0 Å². The standard InChI is InChI=1S/C21H42N2O2SSi/c1-11-14-23-15-12-18(13-16-23)19(22-26(24)20(3,4)5)17(2)25-27(9,10)21(6,7)8/h11-12,17,19,22H,1,13-16H2,2-10H3/t17-,19+,26?/m1/s1. The molecule has 0 aliphatic carbocycles. The minimum atomic E-state index is -1.91. The first-order valence-electron chi connectivity index (χ1n) is 10.1. The van der Waals surface area contributed by atoms with Crippen molar-refractivity contribution in [1.29, 1.82) is 0 Å². The lowest BCUT2D eigenvalue weighted by Gasteiger charge is -2.42. The Balaban J connectivity index is 3.04. The first-order chi connectivity index (χ1) is 12.2. The zero-order chi connectivity index (χ0) is 21.0. The van der Waals surface area contributed by atoms with E-state index < -0.39 is 19.3 Å². The van der Waals surface area contributed by atoms with Crippen molar-refractivity contribution in [2.45, 2.75) is 89.9 Å². The topological polar surface area (TPSA) is 41.6 Å². The summed E-state index contributed by atoms with van der Waals surface area (Å²) in [6.07, 6.45) is 5.19. The third-order valence-corrected chi connectivity index (χ3v) is 11.8. The summed E-state index contributed by atoms with van der Waals surface area (Å²) in [5.41, 5.74) is 1.32. The van der Waals surface area contributed by atoms with Gasteiger partial charge in [-0.25, -0.2) is 8.93 Å². The summed E-state index contributed by atoms with van der Waals surface area (Å²) in [5.74, 6) is 0. The number of rotatable bonds is 8. The molecule has 0 radical (unpaired) electrons. The van der Waals surface area contributed by atoms with Gasteiger partial charge in [-0.05, 0) is 52.2 Å². The molecule has 4 nitrogen and oxygen atoms in total. The summed E-state index contributed by atoms with van der Waals surface area (Å²) in [4.78, 5) is 2.37. The van der Waals surface area contributed by atoms with Gasteiger partial charge in [-0.3, -0.25) is 4.90 Å². The Morgan fingerprint density at radius 2 is 1.93 bits per heavy atom. The van der Waals surface area contributed by atoms with Crippen molar-refractivity contribution in [2.75, 3.05) is 19.6 Å². The fourth-order valence-electron chi connectivity index (χ4n) is 2.83. The molecule has 0 fully saturated rings. The van der Waals surface area contributed by atoms with Crippen LogP contribution in [-0.4, -0.2) is 54.0 Å². The van der Waals surface area contributed by atoms with Crippen LogP contribution >= 0.6 is 0 Å². The molecule has 0 aromatic heterocycles. The zero-order valence-electron chi connectivity index (χ0n) is 19.0. The Hall–Kier alpha value is -0.273. The molecule has 27 heavy (non-hydrogen) atoms. The van der Waals surface area contributed by atoms with Crippen LogP contribution in [0.5, 0.6) is 0 Å². The van der Waals surface area contributed by atoms with Crippen LogP contribution in [0, 0.1) is 0 Å². The molecule has 1 aliphatic rings. The van der Waals surface area contributed by atoms with E-state index in [1.807, 2.05) is 26.8 Å². The lowest BCUT2D eigenvalue weighted by Crippen LogP contribution is -2.52. The maximum Gasteiger partial charge on any atom is 0.192 e. The Kier molecular flexibility index (Phi) is 8.70. The Labute approximate surface area is 171 Å². The molecule has 6 heteroatoms. The summed E-state index contributed by atoms with van der Waals surface area (Å²) < 4.78 is 22.6. The van der Waals surface area contributed by atoms with Gasteiger partial charge in [0.25, 0.3) is 0 Å². The molecule has 1 N–H and O–H groups in total. The predicted molar refractivity (Wildman–Crippen MR) is 122 cm³/mol. The quantitative estimate of drug-likeness (QED) is 0.465. The van der Waals surface area contributed by atoms with Crippen molar-refractivity contribution < 1.29 is 8.63 Å². The molecule has 1 unspecified atom stereocenters. The maximum atomic E-state index is 12.9. The van der Waals surface area contributed by atoms with Crippen molar-refractivity contribution in [3.63, 3.8) is 0 Å². The van der Waals surface area contributed by atoms with E-state index in [2.05, 4.69) is 63.1 Å². The second kappa shape index (κ2) is 9.48. The minimum absolute atomic E-state index is 0.0191. The van der Waals surface area contributed by atoms with Gasteiger partial charge in [0.1, 0.15) is 0 Å². The SMILES string of the molecule is C=CCN1CC=C([C@@H](NS(=O)C(C)(C)C)[C@@H](C)O[Si](C)(C)C(C)(C)C)CC1. The molecule has 0 spiro atoms. The third-order valence-electron chi connectivity index (χ3n) is 5.66. The summed E-state index contributed by atoms with van der Waals surface area (Å²) in [5, 5.41) is 0.149. The summed E-state index contributed by atoms with van der Waals surface area (Å²) in [6, 6.07) is -0.0231. The van der Waals surface area contributed by atoms with Crippen LogP contribution in [0.15, 0.2) is 24.3 Å². The van der Waals surface area contributed by atoms with Crippen LogP contribution in [0.2, 0.25) is 18.1 Å². The fourth-order valence-corrected chi connectivity index (χ4v) is 5.18. The van der Waals surface area contributed by atoms with Gasteiger partial charge >= 0.3 is 0 Å². The van der Waals surface area contributed by atoms with E-state index in [1.165, 1.54) is 5.57 Å². The molecule has 0 amide bonds. The van der Waals surface area contributed by atoms with Crippen LogP contribution in [0.25, 0.3) is 0 Å². The van der Waals surface area contributed by atoms with Crippen molar-refractivity contribution >= 4 is 19.3 Å². The lowest BCUT2D eigenvalue weighted by molar-refractivity contribution is 0.171. The van der Waals surface area contributed by atoms with Crippen LogP contribution < -0.4 is 4.72 Å². The molecular weight excluding hydrogens is 372 g/mol. The summed E-state index contributed by atoms with van der Waals surface area (Å²) in [6.45, 7) is 26.2. The number of hydrogen-bond acceptors (Lipinski definition) is 3. The van der Waals surface area contributed by atoms with Gasteiger partial charge in [0, 0.05) is 19.6 Å². The molecule has 1 rings (SSSR count). The minimum Gasteiger partial charge on any atom is -0.412 e. The van der Waals surface area contributed by atoms with Crippen LogP contribution in [0.4, 0.5) is 0 Å². The van der Waals surface area contributed by atoms with Gasteiger partial charge in [0.05, 0.1) is 27.9 Å². The number of nitrogens with zero attached hydrogens (tertiary/aromatic N) is 1. The van der Waals surface area contributed by atoms with Gasteiger partial charge in [0.2, 0.25) is 0 Å². The maximum absolute atomic E-state index is 12.9. The smallest absolute Gasteiger partial charge is 0.192 e. The highest BCUT2D eigenvalue weighted by atomic mass is 32.2. The average Bonchev–Trinajstić information content (AvgIpc) is 2.51. The molecule has 0 saturated heterocycles. The van der Waals surface area contributed by atoms with Crippen LogP contribution in [-0.2, 0) is 15.4 Å². The molecule has 0 bridgehead atoms. The van der Waals surface area contributed by atoms with Gasteiger partial charge in [0.15, 0.2) is 8.32 Å². The van der Waals surface area contributed by atoms with Crippen LogP contribution in [0.1, 0.15) is 54.9 Å². The number of nitrogens with one attached hydrogen (secondary N) is 1. The zero-order valence-corrected chi connectivity index (χ0v) is 20.8. The highest BCUT2D eigenvalue weighted by molar-refractivity contribution is 7.84. The van der Waals surface area contributed by atoms with Gasteiger partial charge < -0.3 is 4.43 Å². The average molecular weight is 415 g/mol. The normalized spacial score (nSPS) is 20.7. The largest absolute Gasteiger partial charge is 0.412 e. The summed E-state index contributed by atoms with van der Waals surface area (Å²) >= 11 is 0. The molecule has 3 atom stereocenters. The lowest BCUT2D eigenvalue weighted by atomic mass is 9.97. The molecule has 1 heterocycles. The second-order valence-electron chi connectivity index (χ2n) is 10.1.